The van der Waals surface area contributed by atoms with Gasteiger partial charge in [0.15, 0.2) is 0 Å². The van der Waals surface area contributed by atoms with Crippen LogP contribution in [0.1, 0.15) is 18.4 Å². The summed E-state index contributed by atoms with van der Waals surface area (Å²) in [7, 11) is -3.52. The van der Waals surface area contributed by atoms with Crippen molar-refractivity contribution in [3.63, 3.8) is 0 Å². The van der Waals surface area contributed by atoms with Crippen LogP contribution < -0.4 is 4.72 Å². The number of aliphatic hydroxyl groups excluding tert-OH is 1. The topological polar surface area (TPSA) is 69.6 Å². The van der Waals surface area contributed by atoms with Gasteiger partial charge in [-0.25, -0.2) is 0 Å². The van der Waals surface area contributed by atoms with Gasteiger partial charge in [0.25, 0.3) is 0 Å². The van der Waals surface area contributed by atoms with Crippen molar-refractivity contribution in [2.75, 3.05) is 24.4 Å². The van der Waals surface area contributed by atoms with Crippen molar-refractivity contribution in [1.29, 1.82) is 0 Å². The minimum absolute atomic E-state index is 0.131. The summed E-state index contributed by atoms with van der Waals surface area (Å²) in [6.07, 6.45) is 1.41. The van der Waals surface area contributed by atoms with E-state index in [9.17, 15) is 8.42 Å². The molecule has 0 aliphatic carbocycles. The second-order valence-corrected chi connectivity index (χ2v) is 7.74. The molecule has 0 atom stereocenters. The molecule has 1 aliphatic heterocycles. The van der Waals surface area contributed by atoms with Gasteiger partial charge in [0, 0.05) is 24.2 Å². The van der Waals surface area contributed by atoms with Crippen LogP contribution in [0.25, 0.3) is 0 Å². The van der Waals surface area contributed by atoms with Crippen LogP contribution >= 0.6 is 15.9 Å². The fourth-order valence-electron chi connectivity index (χ4n) is 2.34. The molecule has 0 aromatic heterocycles. The van der Waals surface area contributed by atoms with E-state index in [4.69, 9.17) is 5.11 Å². The average molecular weight is 363 g/mol. The highest BCUT2D eigenvalue weighted by atomic mass is 79.9. The number of anilines is 1. The Morgan fingerprint density at radius 1 is 1.35 bits per heavy atom. The van der Waals surface area contributed by atoms with E-state index in [0.717, 1.165) is 10.0 Å². The molecule has 1 fully saturated rings. The van der Waals surface area contributed by atoms with E-state index >= 15 is 0 Å². The molecule has 2 rings (SSSR count). The van der Waals surface area contributed by atoms with Gasteiger partial charge in [-0.05, 0) is 49.4 Å². The van der Waals surface area contributed by atoms with E-state index in [1.54, 1.807) is 12.1 Å². The maximum Gasteiger partial charge on any atom is 0.301 e. The second-order valence-electron chi connectivity index (χ2n) is 5.15. The summed E-state index contributed by atoms with van der Waals surface area (Å²) in [6, 6.07) is 5.46. The lowest BCUT2D eigenvalue weighted by atomic mass is 10.00. The lowest BCUT2D eigenvalue weighted by Crippen LogP contribution is -2.42. The summed E-state index contributed by atoms with van der Waals surface area (Å²) in [5, 5.41) is 9.09. The van der Waals surface area contributed by atoms with Gasteiger partial charge in [-0.15, -0.1) is 0 Å². The maximum atomic E-state index is 12.3. The molecule has 0 saturated carbocycles. The number of hydrogen-bond acceptors (Lipinski definition) is 3. The quantitative estimate of drug-likeness (QED) is 0.861. The number of aryl methyl sites for hydroxylation is 1. The first-order valence-electron chi connectivity index (χ1n) is 6.56. The van der Waals surface area contributed by atoms with Gasteiger partial charge >= 0.3 is 10.2 Å². The molecule has 1 saturated heterocycles. The summed E-state index contributed by atoms with van der Waals surface area (Å²) in [5.41, 5.74) is 1.54. The van der Waals surface area contributed by atoms with Crippen LogP contribution in [-0.4, -0.2) is 37.5 Å². The SMILES string of the molecule is Cc1cc(Br)cc(NS(=O)(=O)N2CCC(CO)CC2)c1. The van der Waals surface area contributed by atoms with Crippen molar-refractivity contribution in [2.24, 2.45) is 5.92 Å². The van der Waals surface area contributed by atoms with E-state index in [2.05, 4.69) is 20.7 Å². The summed E-state index contributed by atoms with van der Waals surface area (Å²) in [6.45, 7) is 2.95. The summed E-state index contributed by atoms with van der Waals surface area (Å²) in [4.78, 5) is 0. The molecule has 1 aliphatic rings. The van der Waals surface area contributed by atoms with Crippen LogP contribution in [0.15, 0.2) is 22.7 Å². The predicted octanol–water partition coefficient (Wildman–Crippen LogP) is 2.12. The molecule has 1 aromatic carbocycles. The molecular weight excluding hydrogens is 344 g/mol. The molecule has 1 heterocycles. The van der Waals surface area contributed by atoms with Gasteiger partial charge in [0.2, 0.25) is 0 Å². The highest BCUT2D eigenvalue weighted by molar-refractivity contribution is 9.10. The molecule has 0 unspecified atom stereocenters. The Morgan fingerprint density at radius 2 is 2.00 bits per heavy atom. The van der Waals surface area contributed by atoms with E-state index in [0.29, 0.717) is 31.6 Å². The summed E-state index contributed by atoms with van der Waals surface area (Å²) in [5.74, 6) is 0.217. The highest BCUT2D eigenvalue weighted by Crippen LogP contribution is 2.23. The number of aliphatic hydroxyl groups is 1. The van der Waals surface area contributed by atoms with E-state index in [1.165, 1.54) is 4.31 Å². The lowest BCUT2D eigenvalue weighted by molar-refractivity contribution is 0.170. The fraction of sp³-hybridized carbons (Fsp3) is 0.538. The number of nitrogens with one attached hydrogen (secondary N) is 1. The molecule has 7 heteroatoms. The Hall–Kier alpha value is -0.630. The Bertz CT molecular complexity index is 549. The van der Waals surface area contributed by atoms with Crippen molar-refractivity contribution >= 4 is 31.8 Å². The highest BCUT2D eigenvalue weighted by Gasteiger charge is 2.27. The Balaban J connectivity index is 2.07. The molecule has 2 N–H and O–H groups in total. The van der Waals surface area contributed by atoms with Crippen LogP contribution in [0.3, 0.4) is 0 Å². The van der Waals surface area contributed by atoms with Crippen LogP contribution in [0.5, 0.6) is 0 Å². The van der Waals surface area contributed by atoms with Crippen molar-refractivity contribution in [3.05, 3.63) is 28.2 Å². The largest absolute Gasteiger partial charge is 0.396 e. The van der Waals surface area contributed by atoms with Gasteiger partial charge in [-0.2, -0.15) is 12.7 Å². The van der Waals surface area contributed by atoms with Gasteiger partial charge in [-0.1, -0.05) is 15.9 Å². The van der Waals surface area contributed by atoms with Crippen LogP contribution in [0.2, 0.25) is 0 Å². The fourth-order valence-corrected chi connectivity index (χ4v) is 4.18. The number of halogens is 1. The number of hydrogen-bond donors (Lipinski definition) is 2. The zero-order valence-electron chi connectivity index (χ0n) is 11.3. The van der Waals surface area contributed by atoms with Gasteiger partial charge in [0.1, 0.15) is 0 Å². The molecule has 1 aromatic rings. The van der Waals surface area contributed by atoms with Crippen LogP contribution in [0.4, 0.5) is 5.69 Å². The number of rotatable bonds is 4. The monoisotopic (exact) mass is 362 g/mol. The predicted molar refractivity (Wildman–Crippen MR) is 82.8 cm³/mol. The standard InChI is InChI=1S/C13H19BrN2O3S/c1-10-6-12(14)8-13(7-10)15-20(18,19)16-4-2-11(9-17)3-5-16/h6-8,11,15,17H,2-5,9H2,1H3. The minimum atomic E-state index is -3.52. The van der Waals surface area contributed by atoms with Crippen molar-refractivity contribution < 1.29 is 13.5 Å². The summed E-state index contributed by atoms with van der Waals surface area (Å²) < 4.78 is 29.5. The van der Waals surface area contributed by atoms with Crippen LogP contribution in [0, 0.1) is 12.8 Å². The van der Waals surface area contributed by atoms with Crippen molar-refractivity contribution in [2.45, 2.75) is 19.8 Å². The minimum Gasteiger partial charge on any atom is -0.396 e. The molecule has 0 radical (unpaired) electrons. The Labute approximate surface area is 128 Å². The molecule has 0 spiro atoms. The third-order valence-corrected chi connectivity index (χ3v) is 5.46. The molecule has 0 bridgehead atoms. The van der Waals surface area contributed by atoms with E-state index < -0.39 is 10.2 Å². The van der Waals surface area contributed by atoms with Gasteiger partial charge in [0.05, 0.1) is 5.69 Å². The molecular formula is C13H19BrN2O3S. The molecule has 112 valence electrons. The number of benzene rings is 1. The zero-order valence-corrected chi connectivity index (χ0v) is 13.7. The average Bonchev–Trinajstić information content (AvgIpc) is 2.37. The van der Waals surface area contributed by atoms with Crippen LogP contribution in [-0.2, 0) is 10.2 Å². The van der Waals surface area contributed by atoms with Crippen molar-refractivity contribution in [1.82, 2.24) is 4.31 Å². The van der Waals surface area contributed by atoms with Crippen molar-refractivity contribution in [3.8, 4) is 0 Å². The maximum absolute atomic E-state index is 12.3. The smallest absolute Gasteiger partial charge is 0.301 e. The first-order valence-corrected chi connectivity index (χ1v) is 8.80. The Kier molecular flexibility index (Phi) is 5.06. The second kappa shape index (κ2) is 6.43. The molecule has 5 nitrogen and oxygen atoms in total. The normalized spacial score (nSPS) is 18.1. The Morgan fingerprint density at radius 3 is 2.55 bits per heavy atom. The zero-order chi connectivity index (χ0) is 14.8. The number of nitrogens with zero attached hydrogens (tertiary/aromatic N) is 1. The van der Waals surface area contributed by atoms with E-state index in [-0.39, 0.29) is 12.5 Å². The first-order chi connectivity index (χ1) is 9.40. The van der Waals surface area contributed by atoms with Gasteiger partial charge < -0.3 is 5.11 Å². The third-order valence-electron chi connectivity index (χ3n) is 3.46. The van der Waals surface area contributed by atoms with Gasteiger partial charge in [-0.3, -0.25) is 4.72 Å². The molecule has 0 amide bonds. The first kappa shape index (κ1) is 15.8. The van der Waals surface area contributed by atoms with E-state index in [1.807, 2.05) is 13.0 Å². The lowest BCUT2D eigenvalue weighted by Gasteiger charge is -2.30. The third kappa shape index (κ3) is 3.94. The number of piperidine rings is 1. The molecule has 20 heavy (non-hydrogen) atoms. The summed E-state index contributed by atoms with van der Waals surface area (Å²) >= 11 is 3.36.